The molecule has 5 nitrogen and oxygen atoms in total. The van der Waals surface area contributed by atoms with Crippen molar-refractivity contribution in [1.82, 2.24) is 10.2 Å². The van der Waals surface area contributed by atoms with E-state index in [0.717, 1.165) is 0 Å². The highest BCUT2D eigenvalue weighted by molar-refractivity contribution is 5.94. The van der Waals surface area contributed by atoms with Crippen LogP contribution in [0.3, 0.4) is 0 Å². The van der Waals surface area contributed by atoms with Crippen molar-refractivity contribution in [2.24, 2.45) is 0 Å². The average Bonchev–Trinajstić information content (AvgIpc) is 2.71. The molecule has 19 heavy (non-hydrogen) atoms. The van der Waals surface area contributed by atoms with Gasteiger partial charge < -0.3 is 10.4 Å². The van der Waals surface area contributed by atoms with Crippen molar-refractivity contribution in [1.29, 1.82) is 0 Å². The number of aliphatic carboxylic acids is 1. The molecule has 0 saturated carbocycles. The minimum Gasteiger partial charge on any atom is -0.480 e. The molecular formula is C13H17ClN2O3. The maximum absolute atomic E-state index is 11.9. The number of likely N-dealkylation sites (tertiary alicyclic amines) is 1. The van der Waals surface area contributed by atoms with E-state index in [1.807, 2.05) is 6.07 Å². The summed E-state index contributed by atoms with van der Waals surface area (Å²) in [6, 6.07) is 8.31. The van der Waals surface area contributed by atoms with E-state index < -0.39 is 12.0 Å². The monoisotopic (exact) mass is 284 g/mol. The number of benzene rings is 1. The lowest BCUT2D eigenvalue weighted by molar-refractivity contribution is -0.141. The third-order valence-electron chi connectivity index (χ3n) is 3.20. The standard InChI is InChI=1S/C13H16N2O3.ClH/c1-15-8-10(7-11(15)13(17)18)14-12(16)9-5-3-2-4-6-9;/h2-6,10-11H,7-8H2,1H3,(H,14,16)(H,17,18);1H/t10-,11+;/m1./s1. The highest BCUT2D eigenvalue weighted by atomic mass is 35.5. The van der Waals surface area contributed by atoms with Gasteiger partial charge in [0.2, 0.25) is 0 Å². The number of carboxylic acid groups (broad SMARTS) is 1. The lowest BCUT2D eigenvalue weighted by Crippen LogP contribution is -2.36. The molecule has 1 aromatic rings. The van der Waals surface area contributed by atoms with E-state index in [1.165, 1.54) is 0 Å². The van der Waals surface area contributed by atoms with Gasteiger partial charge in [0.25, 0.3) is 5.91 Å². The highest BCUT2D eigenvalue weighted by Gasteiger charge is 2.35. The van der Waals surface area contributed by atoms with E-state index in [4.69, 9.17) is 5.11 Å². The Hall–Kier alpha value is -1.59. The molecule has 1 aliphatic heterocycles. The number of hydrogen-bond donors (Lipinski definition) is 2. The van der Waals surface area contributed by atoms with Gasteiger partial charge in [-0.1, -0.05) is 18.2 Å². The van der Waals surface area contributed by atoms with Crippen LogP contribution in [-0.4, -0.2) is 47.6 Å². The van der Waals surface area contributed by atoms with Gasteiger partial charge >= 0.3 is 5.97 Å². The third kappa shape index (κ3) is 3.68. The molecule has 2 N–H and O–H groups in total. The molecule has 1 aliphatic rings. The molecule has 2 atom stereocenters. The van der Waals surface area contributed by atoms with Crippen LogP contribution < -0.4 is 5.32 Å². The molecule has 1 fully saturated rings. The smallest absolute Gasteiger partial charge is 0.320 e. The number of likely N-dealkylation sites (N-methyl/N-ethyl adjacent to an activating group) is 1. The molecule has 6 heteroatoms. The quantitative estimate of drug-likeness (QED) is 0.869. The fraction of sp³-hybridized carbons (Fsp3) is 0.385. The number of rotatable bonds is 3. The Morgan fingerprint density at radius 1 is 1.32 bits per heavy atom. The van der Waals surface area contributed by atoms with E-state index in [0.29, 0.717) is 18.5 Å². The summed E-state index contributed by atoms with van der Waals surface area (Å²) in [4.78, 5) is 24.6. The van der Waals surface area contributed by atoms with E-state index >= 15 is 0 Å². The van der Waals surface area contributed by atoms with E-state index in [2.05, 4.69) is 5.32 Å². The minimum atomic E-state index is -0.839. The molecule has 1 aromatic carbocycles. The first kappa shape index (κ1) is 15.5. The molecule has 0 aliphatic carbocycles. The summed E-state index contributed by atoms with van der Waals surface area (Å²) in [6.07, 6.45) is 0.449. The number of nitrogens with one attached hydrogen (secondary N) is 1. The maximum atomic E-state index is 11.9. The number of carbonyl (C=O) groups is 2. The zero-order valence-corrected chi connectivity index (χ0v) is 11.4. The molecule has 0 aromatic heterocycles. The van der Waals surface area contributed by atoms with Gasteiger partial charge in [-0.3, -0.25) is 14.5 Å². The fourth-order valence-electron chi connectivity index (χ4n) is 2.25. The second-order valence-electron chi connectivity index (χ2n) is 4.57. The van der Waals surface area contributed by atoms with Gasteiger partial charge in [0, 0.05) is 18.2 Å². The van der Waals surface area contributed by atoms with Crippen LogP contribution in [0.4, 0.5) is 0 Å². The Labute approximate surface area is 118 Å². The summed E-state index contributed by atoms with van der Waals surface area (Å²) >= 11 is 0. The van der Waals surface area contributed by atoms with E-state index in [1.54, 1.807) is 36.2 Å². The summed E-state index contributed by atoms with van der Waals surface area (Å²) in [5, 5.41) is 11.9. The third-order valence-corrected chi connectivity index (χ3v) is 3.20. The van der Waals surface area contributed by atoms with Crippen molar-refractivity contribution in [3.8, 4) is 0 Å². The van der Waals surface area contributed by atoms with E-state index in [9.17, 15) is 9.59 Å². The Bertz CT molecular complexity index is 452. The summed E-state index contributed by atoms with van der Waals surface area (Å²) < 4.78 is 0. The minimum absolute atomic E-state index is 0. The van der Waals surface area contributed by atoms with Crippen LogP contribution >= 0.6 is 12.4 Å². The van der Waals surface area contributed by atoms with Gasteiger partial charge in [-0.15, -0.1) is 12.4 Å². The van der Waals surface area contributed by atoms with Crippen molar-refractivity contribution in [2.45, 2.75) is 18.5 Å². The maximum Gasteiger partial charge on any atom is 0.320 e. The van der Waals surface area contributed by atoms with Crippen molar-refractivity contribution >= 4 is 24.3 Å². The summed E-state index contributed by atoms with van der Waals surface area (Å²) in [5.74, 6) is -0.992. The largest absolute Gasteiger partial charge is 0.480 e. The molecule has 1 heterocycles. The average molecular weight is 285 g/mol. The molecule has 0 bridgehead atoms. The molecule has 1 amide bonds. The molecule has 2 rings (SSSR count). The number of halogens is 1. The predicted molar refractivity (Wildman–Crippen MR) is 73.6 cm³/mol. The molecular weight excluding hydrogens is 268 g/mol. The van der Waals surface area contributed by atoms with Gasteiger partial charge in [0.05, 0.1) is 0 Å². The first-order valence-corrected chi connectivity index (χ1v) is 5.87. The van der Waals surface area contributed by atoms with Gasteiger partial charge in [-0.05, 0) is 25.6 Å². The predicted octanol–water partition coefficient (Wildman–Crippen LogP) is 0.995. The Morgan fingerprint density at radius 3 is 2.47 bits per heavy atom. The van der Waals surface area contributed by atoms with Gasteiger partial charge in [-0.2, -0.15) is 0 Å². The van der Waals surface area contributed by atoms with E-state index in [-0.39, 0.29) is 24.4 Å². The van der Waals surface area contributed by atoms with Crippen LogP contribution in [0.25, 0.3) is 0 Å². The zero-order chi connectivity index (χ0) is 13.1. The molecule has 0 spiro atoms. The van der Waals surface area contributed by atoms with Gasteiger partial charge in [-0.25, -0.2) is 0 Å². The van der Waals surface area contributed by atoms with Crippen molar-refractivity contribution < 1.29 is 14.7 Å². The molecule has 0 radical (unpaired) electrons. The van der Waals surface area contributed by atoms with Crippen molar-refractivity contribution in [3.05, 3.63) is 35.9 Å². The highest BCUT2D eigenvalue weighted by Crippen LogP contribution is 2.16. The van der Waals surface area contributed by atoms with Crippen LogP contribution in [0, 0.1) is 0 Å². The van der Waals surface area contributed by atoms with Crippen LogP contribution in [-0.2, 0) is 4.79 Å². The number of hydrogen-bond acceptors (Lipinski definition) is 3. The second kappa shape index (κ2) is 6.54. The number of nitrogens with zero attached hydrogens (tertiary/aromatic N) is 1. The molecule has 104 valence electrons. The van der Waals surface area contributed by atoms with Gasteiger partial charge in [0.15, 0.2) is 0 Å². The number of carbonyl (C=O) groups excluding carboxylic acids is 1. The van der Waals surface area contributed by atoms with Crippen molar-refractivity contribution in [2.75, 3.05) is 13.6 Å². The topological polar surface area (TPSA) is 69.6 Å². The fourth-order valence-corrected chi connectivity index (χ4v) is 2.25. The lowest BCUT2D eigenvalue weighted by Gasteiger charge is -2.13. The lowest BCUT2D eigenvalue weighted by atomic mass is 10.1. The Kier molecular flexibility index (Phi) is 5.32. The van der Waals surface area contributed by atoms with Crippen LogP contribution in [0.2, 0.25) is 0 Å². The Morgan fingerprint density at radius 2 is 1.95 bits per heavy atom. The number of amides is 1. The Balaban J connectivity index is 0.00000180. The normalized spacial score (nSPS) is 22.6. The van der Waals surface area contributed by atoms with Crippen LogP contribution in [0.15, 0.2) is 30.3 Å². The molecule has 1 saturated heterocycles. The second-order valence-corrected chi connectivity index (χ2v) is 4.57. The summed E-state index contributed by atoms with van der Waals surface area (Å²) in [6.45, 7) is 0.565. The van der Waals surface area contributed by atoms with Crippen LogP contribution in [0.5, 0.6) is 0 Å². The first-order chi connectivity index (χ1) is 8.58. The van der Waals surface area contributed by atoms with Crippen molar-refractivity contribution in [3.63, 3.8) is 0 Å². The SMILES string of the molecule is CN1C[C@H](NC(=O)c2ccccc2)C[C@H]1C(=O)O.Cl. The first-order valence-electron chi connectivity index (χ1n) is 5.87. The zero-order valence-electron chi connectivity index (χ0n) is 10.6. The molecule has 0 unspecified atom stereocenters. The summed E-state index contributed by atoms with van der Waals surface area (Å²) in [5.41, 5.74) is 0.596. The summed E-state index contributed by atoms with van der Waals surface area (Å²) in [7, 11) is 1.76. The van der Waals surface area contributed by atoms with Crippen LogP contribution in [0.1, 0.15) is 16.8 Å². The van der Waals surface area contributed by atoms with Gasteiger partial charge in [0.1, 0.15) is 6.04 Å². The number of carboxylic acids is 1.